The van der Waals surface area contributed by atoms with Gasteiger partial charge in [0.05, 0.1) is 12.2 Å². The van der Waals surface area contributed by atoms with Gasteiger partial charge in [0.1, 0.15) is 0 Å². The highest BCUT2D eigenvalue weighted by molar-refractivity contribution is 7.88. The molecular formula is C12H23N3O5S. The van der Waals surface area contributed by atoms with Crippen LogP contribution in [0, 0.1) is 5.92 Å². The lowest BCUT2D eigenvalue weighted by Crippen LogP contribution is -2.53. The zero-order valence-corrected chi connectivity index (χ0v) is 13.3. The van der Waals surface area contributed by atoms with Crippen molar-refractivity contribution in [3.8, 4) is 0 Å². The number of nitrogens with one attached hydrogen (secondary N) is 3. The number of hydrogen-bond donors (Lipinski definition) is 4. The Morgan fingerprint density at radius 3 is 2.38 bits per heavy atom. The number of aliphatic carboxylic acids is 1. The molecule has 1 fully saturated rings. The molecule has 1 aliphatic carbocycles. The highest BCUT2D eigenvalue weighted by atomic mass is 32.2. The van der Waals surface area contributed by atoms with E-state index >= 15 is 0 Å². The Kier molecular flexibility index (Phi) is 5.57. The van der Waals surface area contributed by atoms with E-state index in [4.69, 9.17) is 5.11 Å². The topological polar surface area (TPSA) is 125 Å². The van der Waals surface area contributed by atoms with Gasteiger partial charge in [-0.25, -0.2) is 17.9 Å². The van der Waals surface area contributed by atoms with Gasteiger partial charge in [0, 0.05) is 18.1 Å². The molecule has 0 radical (unpaired) electrons. The van der Waals surface area contributed by atoms with Crippen molar-refractivity contribution < 1.29 is 23.1 Å². The molecule has 122 valence electrons. The summed E-state index contributed by atoms with van der Waals surface area (Å²) >= 11 is 0. The third-order valence-electron chi connectivity index (χ3n) is 3.27. The van der Waals surface area contributed by atoms with E-state index in [1.165, 1.54) is 0 Å². The van der Waals surface area contributed by atoms with E-state index in [1.807, 2.05) is 0 Å². The molecule has 0 aromatic carbocycles. The third-order valence-corrected chi connectivity index (χ3v) is 4.19. The summed E-state index contributed by atoms with van der Waals surface area (Å²) in [6.07, 6.45) is 2.67. The maximum absolute atomic E-state index is 11.7. The molecule has 4 N–H and O–H groups in total. The summed E-state index contributed by atoms with van der Waals surface area (Å²) in [5, 5.41) is 14.2. The van der Waals surface area contributed by atoms with Crippen LogP contribution in [0.2, 0.25) is 0 Å². The highest BCUT2D eigenvalue weighted by Crippen LogP contribution is 2.25. The number of urea groups is 1. The maximum Gasteiger partial charge on any atom is 0.315 e. The van der Waals surface area contributed by atoms with Gasteiger partial charge in [-0.05, 0) is 33.1 Å². The predicted octanol–water partition coefficient (Wildman–Crippen LogP) is -0.133. The number of carboxylic acids is 1. The molecule has 0 aromatic rings. The molecule has 0 aliphatic heterocycles. The molecule has 0 spiro atoms. The number of hydrogen-bond acceptors (Lipinski definition) is 4. The lowest BCUT2D eigenvalue weighted by molar-refractivity contribution is -0.141. The van der Waals surface area contributed by atoms with Crippen molar-refractivity contribution in [2.24, 2.45) is 5.92 Å². The highest BCUT2D eigenvalue weighted by Gasteiger charge is 2.31. The second-order valence-electron chi connectivity index (χ2n) is 6.13. The van der Waals surface area contributed by atoms with Crippen molar-refractivity contribution in [1.29, 1.82) is 0 Å². The first-order valence-electron chi connectivity index (χ1n) is 6.75. The van der Waals surface area contributed by atoms with Crippen LogP contribution in [0.3, 0.4) is 0 Å². The Hall–Kier alpha value is -1.35. The van der Waals surface area contributed by atoms with Crippen LogP contribution in [0.1, 0.15) is 33.1 Å². The van der Waals surface area contributed by atoms with Crippen LogP contribution < -0.4 is 15.4 Å². The first-order chi connectivity index (χ1) is 9.48. The van der Waals surface area contributed by atoms with Gasteiger partial charge in [0.25, 0.3) is 0 Å². The second kappa shape index (κ2) is 6.61. The number of carbonyl (C=O) groups excluding carboxylic acids is 1. The Morgan fingerprint density at radius 2 is 1.90 bits per heavy atom. The van der Waals surface area contributed by atoms with Gasteiger partial charge < -0.3 is 15.7 Å². The second-order valence-corrected chi connectivity index (χ2v) is 7.88. The monoisotopic (exact) mass is 321 g/mol. The minimum Gasteiger partial charge on any atom is -0.481 e. The molecule has 1 aliphatic rings. The maximum atomic E-state index is 11.7. The van der Waals surface area contributed by atoms with Crippen LogP contribution >= 0.6 is 0 Å². The largest absolute Gasteiger partial charge is 0.481 e. The molecule has 0 saturated heterocycles. The van der Waals surface area contributed by atoms with E-state index in [9.17, 15) is 18.0 Å². The van der Waals surface area contributed by atoms with Crippen LogP contribution in [-0.2, 0) is 14.8 Å². The fraction of sp³-hybridized carbons (Fsp3) is 0.833. The van der Waals surface area contributed by atoms with Crippen molar-refractivity contribution >= 4 is 22.0 Å². The smallest absolute Gasteiger partial charge is 0.315 e. The molecule has 0 bridgehead atoms. The van der Waals surface area contributed by atoms with Crippen LogP contribution in [0.4, 0.5) is 4.79 Å². The fourth-order valence-electron chi connectivity index (χ4n) is 2.41. The average Bonchev–Trinajstić information content (AvgIpc) is 2.72. The number of amides is 2. The summed E-state index contributed by atoms with van der Waals surface area (Å²) in [6, 6.07) is -0.577. The lowest BCUT2D eigenvalue weighted by Gasteiger charge is -2.25. The van der Waals surface area contributed by atoms with E-state index in [2.05, 4.69) is 15.4 Å². The molecule has 1 saturated carbocycles. The van der Waals surface area contributed by atoms with Gasteiger partial charge in [0.15, 0.2) is 0 Å². The Bertz CT molecular complexity index is 503. The van der Waals surface area contributed by atoms with Crippen molar-refractivity contribution in [2.75, 3.05) is 12.8 Å². The summed E-state index contributed by atoms with van der Waals surface area (Å²) in [6.45, 7) is 3.44. The number of carbonyl (C=O) groups is 2. The molecular weight excluding hydrogens is 298 g/mol. The normalized spacial score (nSPS) is 22.8. The average molecular weight is 321 g/mol. The van der Waals surface area contributed by atoms with Gasteiger partial charge in [0.2, 0.25) is 10.0 Å². The van der Waals surface area contributed by atoms with E-state index < -0.39 is 33.5 Å². The quantitative estimate of drug-likeness (QED) is 0.542. The van der Waals surface area contributed by atoms with Crippen LogP contribution in [0.5, 0.6) is 0 Å². The minimum absolute atomic E-state index is 0.126. The minimum atomic E-state index is -3.36. The first-order valence-corrected chi connectivity index (χ1v) is 8.64. The Labute approximate surface area is 124 Å². The molecule has 8 nitrogen and oxygen atoms in total. The van der Waals surface area contributed by atoms with Crippen LogP contribution in [0.25, 0.3) is 0 Å². The standard InChI is InChI=1S/C12H23N3O5S/c1-12(2,15-21(3,19)20)7-13-11(18)14-9-5-4-8(6-9)10(16)17/h8-9,15H,4-7H2,1-3H3,(H,16,17)(H2,13,14,18). The zero-order valence-electron chi connectivity index (χ0n) is 12.5. The predicted molar refractivity (Wildman–Crippen MR) is 77.4 cm³/mol. The van der Waals surface area contributed by atoms with Crippen molar-refractivity contribution in [1.82, 2.24) is 15.4 Å². The molecule has 0 heterocycles. The van der Waals surface area contributed by atoms with Crippen LogP contribution in [-0.4, -0.2) is 49.9 Å². The Balaban J connectivity index is 2.36. The SMILES string of the molecule is CC(C)(CNC(=O)NC1CCC(C(=O)O)C1)NS(C)(=O)=O. The summed E-state index contributed by atoms with van der Waals surface area (Å²) in [5.74, 6) is -1.24. The van der Waals surface area contributed by atoms with E-state index in [0.717, 1.165) is 6.26 Å². The Morgan fingerprint density at radius 1 is 1.29 bits per heavy atom. The van der Waals surface area contributed by atoms with E-state index in [0.29, 0.717) is 19.3 Å². The zero-order chi connectivity index (χ0) is 16.3. The van der Waals surface area contributed by atoms with Crippen LogP contribution in [0.15, 0.2) is 0 Å². The lowest BCUT2D eigenvalue weighted by atomic mass is 10.1. The molecule has 0 aromatic heterocycles. The molecule has 9 heteroatoms. The molecule has 21 heavy (non-hydrogen) atoms. The number of sulfonamides is 1. The van der Waals surface area contributed by atoms with Gasteiger partial charge in [-0.1, -0.05) is 0 Å². The number of rotatable bonds is 6. The van der Waals surface area contributed by atoms with E-state index in [1.54, 1.807) is 13.8 Å². The van der Waals surface area contributed by atoms with Crippen molar-refractivity contribution in [3.05, 3.63) is 0 Å². The summed E-state index contributed by atoms with van der Waals surface area (Å²) in [5.41, 5.74) is -0.801. The molecule has 2 atom stereocenters. The molecule has 2 amide bonds. The summed E-state index contributed by atoms with van der Waals surface area (Å²) in [7, 11) is -3.36. The number of carboxylic acid groups (broad SMARTS) is 1. The summed E-state index contributed by atoms with van der Waals surface area (Å²) in [4.78, 5) is 22.6. The molecule has 2 unspecified atom stereocenters. The fourth-order valence-corrected chi connectivity index (χ4v) is 3.49. The van der Waals surface area contributed by atoms with Gasteiger partial charge >= 0.3 is 12.0 Å². The van der Waals surface area contributed by atoms with Gasteiger partial charge in [-0.3, -0.25) is 4.79 Å². The van der Waals surface area contributed by atoms with Crippen molar-refractivity contribution in [2.45, 2.75) is 44.7 Å². The van der Waals surface area contributed by atoms with Gasteiger partial charge in [-0.15, -0.1) is 0 Å². The first kappa shape index (κ1) is 17.7. The van der Waals surface area contributed by atoms with Crippen molar-refractivity contribution in [3.63, 3.8) is 0 Å². The van der Waals surface area contributed by atoms with E-state index in [-0.39, 0.29) is 12.6 Å². The molecule has 1 rings (SSSR count). The third kappa shape index (κ3) is 6.76. The van der Waals surface area contributed by atoms with Gasteiger partial charge in [-0.2, -0.15) is 0 Å². The summed E-state index contributed by atoms with van der Waals surface area (Å²) < 4.78 is 24.8.